The van der Waals surface area contributed by atoms with E-state index in [1.54, 1.807) is 42.5 Å². The number of anilines is 1. The largest absolute Gasteiger partial charge is 0.491 e. The van der Waals surface area contributed by atoms with Crippen LogP contribution in [0.4, 0.5) is 5.69 Å². The lowest BCUT2D eigenvalue weighted by Gasteiger charge is -2.19. The smallest absolute Gasteiger partial charge is 0.272 e. The van der Waals surface area contributed by atoms with E-state index >= 15 is 0 Å². The number of para-hydroxylation sites is 2. The lowest BCUT2D eigenvalue weighted by molar-refractivity contribution is -0.119. The zero-order valence-electron chi connectivity index (χ0n) is 16.1. The van der Waals surface area contributed by atoms with Gasteiger partial charge in [0.15, 0.2) is 0 Å². The Kier molecular flexibility index (Phi) is 6.47. The molecule has 4 nitrogen and oxygen atoms in total. The van der Waals surface area contributed by atoms with Crippen molar-refractivity contribution in [2.24, 2.45) is 0 Å². The molecule has 0 saturated heterocycles. The van der Waals surface area contributed by atoms with E-state index in [1.807, 2.05) is 26.8 Å². The van der Waals surface area contributed by atoms with Crippen molar-refractivity contribution in [2.75, 3.05) is 11.5 Å². The summed E-state index contributed by atoms with van der Waals surface area (Å²) in [7, 11) is 0. The fourth-order valence-corrected chi connectivity index (χ4v) is 4.03. The first-order chi connectivity index (χ1) is 13.4. The lowest BCUT2D eigenvalue weighted by Crippen LogP contribution is -2.31. The van der Waals surface area contributed by atoms with Crippen molar-refractivity contribution in [3.63, 3.8) is 0 Å². The number of rotatable bonds is 7. The van der Waals surface area contributed by atoms with Crippen LogP contribution in [0.25, 0.3) is 5.57 Å². The first-order valence-electron chi connectivity index (χ1n) is 9.21. The summed E-state index contributed by atoms with van der Waals surface area (Å²) in [4.78, 5) is 28.3. The second kappa shape index (κ2) is 8.84. The molecule has 0 bridgehead atoms. The molecule has 0 spiro atoms. The molecule has 2 aromatic carbocycles. The molecular weight excluding hydrogens is 394 g/mol. The van der Waals surface area contributed by atoms with Crippen LogP contribution in [0.5, 0.6) is 5.75 Å². The number of amides is 2. The molecule has 0 saturated carbocycles. The zero-order valence-corrected chi connectivity index (χ0v) is 17.6. The maximum absolute atomic E-state index is 13.4. The summed E-state index contributed by atoms with van der Waals surface area (Å²) in [5.41, 5.74) is 1.56. The molecule has 1 aliphatic heterocycles. The second-order valence-electron chi connectivity index (χ2n) is 6.64. The number of carbonyl (C=O) groups is 2. The lowest BCUT2D eigenvalue weighted by atomic mass is 10.1. The third-order valence-electron chi connectivity index (χ3n) is 4.10. The van der Waals surface area contributed by atoms with Crippen molar-refractivity contribution in [1.29, 1.82) is 0 Å². The van der Waals surface area contributed by atoms with Crippen LogP contribution in [-0.4, -0.2) is 23.7 Å². The van der Waals surface area contributed by atoms with Crippen molar-refractivity contribution >= 4 is 46.4 Å². The van der Waals surface area contributed by atoms with E-state index < -0.39 is 0 Å². The van der Waals surface area contributed by atoms with Crippen molar-refractivity contribution in [1.82, 2.24) is 0 Å². The Hall–Kier alpha value is -2.24. The summed E-state index contributed by atoms with van der Waals surface area (Å²) in [6.45, 7) is 6.51. The topological polar surface area (TPSA) is 46.6 Å². The van der Waals surface area contributed by atoms with Crippen molar-refractivity contribution < 1.29 is 14.3 Å². The van der Waals surface area contributed by atoms with Gasteiger partial charge in [-0.15, -0.1) is 11.8 Å². The Morgan fingerprint density at radius 2 is 1.71 bits per heavy atom. The number of imide groups is 1. The maximum atomic E-state index is 13.4. The van der Waals surface area contributed by atoms with E-state index in [4.69, 9.17) is 16.3 Å². The van der Waals surface area contributed by atoms with Gasteiger partial charge in [-0.2, -0.15) is 0 Å². The SMILES string of the molecule is CCCOc1ccccc1N1C(=O)C(SC(C)C)=C(c2ccc(Cl)cc2)C1=O. The fraction of sp³-hybridized carbons (Fsp3) is 0.273. The molecular formula is C22H22ClNO3S. The van der Waals surface area contributed by atoms with Crippen molar-refractivity contribution in [3.8, 4) is 5.75 Å². The highest BCUT2D eigenvalue weighted by Crippen LogP contribution is 2.42. The predicted molar refractivity (Wildman–Crippen MR) is 116 cm³/mol. The van der Waals surface area contributed by atoms with Crippen molar-refractivity contribution in [2.45, 2.75) is 32.4 Å². The number of thioether (sulfide) groups is 1. The quantitative estimate of drug-likeness (QED) is 0.556. The van der Waals surface area contributed by atoms with Crippen LogP contribution in [0.15, 0.2) is 53.4 Å². The van der Waals surface area contributed by atoms with Crippen molar-refractivity contribution in [3.05, 3.63) is 64.0 Å². The van der Waals surface area contributed by atoms with Gasteiger partial charge in [0.2, 0.25) is 0 Å². The molecule has 0 unspecified atom stereocenters. The molecule has 1 aliphatic rings. The minimum atomic E-state index is -0.344. The van der Waals surface area contributed by atoms with E-state index in [2.05, 4.69) is 0 Å². The first kappa shape index (κ1) is 20.5. The van der Waals surface area contributed by atoms with E-state index in [1.165, 1.54) is 16.7 Å². The Morgan fingerprint density at radius 1 is 1.04 bits per heavy atom. The molecule has 0 aliphatic carbocycles. The van der Waals surface area contributed by atoms with E-state index in [0.29, 0.717) is 39.1 Å². The molecule has 6 heteroatoms. The molecule has 146 valence electrons. The highest BCUT2D eigenvalue weighted by atomic mass is 35.5. The zero-order chi connectivity index (χ0) is 20.3. The van der Waals surface area contributed by atoms with Gasteiger partial charge in [0.05, 0.1) is 22.8 Å². The highest BCUT2D eigenvalue weighted by Gasteiger charge is 2.41. The molecule has 0 N–H and O–H groups in total. The van der Waals surface area contributed by atoms with Gasteiger partial charge in [-0.05, 0) is 36.2 Å². The summed E-state index contributed by atoms with van der Waals surface area (Å²) in [6.07, 6.45) is 0.832. The number of halogens is 1. The summed E-state index contributed by atoms with van der Waals surface area (Å²) >= 11 is 7.39. The predicted octanol–water partition coefficient (Wildman–Crippen LogP) is 5.55. The summed E-state index contributed by atoms with van der Waals surface area (Å²) in [6, 6.07) is 14.1. The normalized spacial score (nSPS) is 14.4. The van der Waals surface area contributed by atoms with Gasteiger partial charge in [0.25, 0.3) is 11.8 Å². The van der Waals surface area contributed by atoms with Gasteiger partial charge in [-0.3, -0.25) is 9.59 Å². The van der Waals surface area contributed by atoms with Crippen LogP contribution < -0.4 is 9.64 Å². The van der Waals surface area contributed by atoms with E-state index in [-0.39, 0.29) is 17.1 Å². The Balaban J connectivity index is 2.07. The summed E-state index contributed by atoms with van der Waals surface area (Å²) in [5, 5.41) is 0.731. The monoisotopic (exact) mass is 415 g/mol. The van der Waals surface area contributed by atoms with Crippen LogP contribution in [0.2, 0.25) is 5.02 Å². The molecule has 3 rings (SSSR count). The molecule has 0 radical (unpaired) electrons. The first-order valence-corrected chi connectivity index (χ1v) is 10.5. The average Bonchev–Trinajstić information content (AvgIpc) is 2.90. The molecule has 0 fully saturated rings. The van der Waals surface area contributed by atoms with Gasteiger partial charge in [0, 0.05) is 10.3 Å². The van der Waals surface area contributed by atoms with E-state index in [0.717, 1.165) is 6.42 Å². The standard InChI is InChI=1S/C22H22ClNO3S/c1-4-13-27-18-8-6-5-7-17(18)24-21(25)19(15-9-11-16(23)12-10-15)20(22(24)26)28-14(2)3/h5-12,14H,4,13H2,1-3H3. The maximum Gasteiger partial charge on any atom is 0.272 e. The number of hydrogen-bond acceptors (Lipinski definition) is 4. The Morgan fingerprint density at radius 3 is 2.36 bits per heavy atom. The molecule has 28 heavy (non-hydrogen) atoms. The third-order valence-corrected chi connectivity index (χ3v) is 5.43. The molecule has 0 aromatic heterocycles. The van der Waals surface area contributed by atoms with Gasteiger partial charge in [-0.1, -0.05) is 56.6 Å². The van der Waals surface area contributed by atoms with E-state index in [9.17, 15) is 9.59 Å². The van der Waals surface area contributed by atoms with Gasteiger partial charge < -0.3 is 4.74 Å². The summed E-state index contributed by atoms with van der Waals surface area (Å²) in [5.74, 6) is -0.137. The number of carbonyl (C=O) groups excluding carboxylic acids is 2. The molecule has 2 amide bonds. The van der Waals surface area contributed by atoms with Gasteiger partial charge in [-0.25, -0.2) is 4.90 Å². The van der Waals surface area contributed by atoms with Gasteiger partial charge in [0.1, 0.15) is 5.75 Å². The number of ether oxygens (including phenoxy) is 1. The minimum Gasteiger partial charge on any atom is -0.491 e. The summed E-state index contributed by atoms with van der Waals surface area (Å²) < 4.78 is 5.78. The average molecular weight is 416 g/mol. The fourth-order valence-electron chi connectivity index (χ4n) is 2.92. The van der Waals surface area contributed by atoms with Crippen LogP contribution in [0.1, 0.15) is 32.8 Å². The Labute approximate surface area is 174 Å². The minimum absolute atomic E-state index is 0.153. The van der Waals surface area contributed by atoms with Gasteiger partial charge >= 0.3 is 0 Å². The Bertz CT molecular complexity index is 922. The van der Waals surface area contributed by atoms with Crippen LogP contribution in [0, 0.1) is 0 Å². The third kappa shape index (κ3) is 4.10. The second-order valence-corrected chi connectivity index (χ2v) is 8.66. The molecule has 0 atom stereocenters. The number of benzene rings is 2. The van der Waals surface area contributed by atoms with Crippen LogP contribution in [0.3, 0.4) is 0 Å². The molecule has 1 heterocycles. The van der Waals surface area contributed by atoms with Crippen LogP contribution in [-0.2, 0) is 9.59 Å². The number of hydrogen-bond donors (Lipinski definition) is 0. The highest BCUT2D eigenvalue weighted by molar-refractivity contribution is 8.04. The number of nitrogens with zero attached hydrogens (tertiary/aromatic N) is 1. The van der Waals surface area contributed by atoms with Crippen LogP contribution >= 0.6 is 23.4 Å². The molecule has 2 aromatic rings.